The highest BCUT2D eigenvalue weighted by Crippen LogP contribution is 2.42. The predicted molar refractivity (Wildman–Crippen MR) is 110 cm³/mol. The van der Waals surface area contributed by atoms with Gasteiger partial charge in [-0.1, -0.05) is 41.5 Å². The second-order valence-electron chi connectivity index (χ2n) is 9.99. The molecule has 0 unspecified atom stereocenters. The molecule has 1 aliphatic rings. The molecule has 0 N–H and O–H groups in total. The predicted octanol–water partition coefficient (Wildman–Crippen LogP) is 5.90. The molecule has 0 saturated carbocycles. The molecule has 150 valence electrons. The maximum Gasteiger partial charge on any atom is 0.196 e. The van der Waals surface area contributed by atoms with E-state index in [4.69, 9.17) is 41.3 Å². The summed E-state index contributed by atoms with van der Waals surface area (Å²) in [6.45, 7) is 22.6. The van der Waals surface area contributed by atoms with Gasteiger partial charge in [-0.05, 0) is 36.3 Å². The normalized spacial score (nSPS) is 29.3. The Balaban J connectivity index is 2.92. The maximum atomic E-state index is 6.55. The average Bonchev–Trinajstić information content (AvgIpc) is 2.70. The minimum atomic E-state index is -2.01. The largest absolute Gasteiger partial charge is 0.414 e. The van der Waals surface area contributed by atoms with Crippen LogP contribution in [-0.2, 0) is 17.9 Å². The summed E-state index contributed by atoms with van der Waals surface area (Å²) in [6, 6.07) is 0. The minimum absolute atomic E-state index is 0.0777. The van der Waals surface area contributed by atoms with E-state index in [1.807, 2.05) is 0 Å². The Kier molecular flexibility index (Phi) is 7.72. The summed E-state index contributed by atoms with van der Waals surface area (Å²) < 4.78 is 23.7. The van der Waals surface area contributed by atoms with Crippen molar-refractivity contribution in [1.29, 1.82) is 0 Å². The van der Waals surface area contributed by atoms with Crippen molar-refractivity contribution >= 4 is 40.1 Å². The standard InChI is InChI=1S/C17H36Cl2O4Si2/c1-16(2,3)24(7,8)20-11-12-14(13(18)15(21-12)22-19)23-25(9,10)17(4,5)6/h12-15H,11H2,1-10H3/t12-,13-,14-,15-/m1/s1. The molecule has 1 fully saturated rings. The van der Waals surface area contributed by atoms with E-state index >= 15 is 0 Å². The van der Waals surface area contributed by atoms with E-state index in [0.29, 0.717) is 6.61 Å². The fourth-order valence-electron chi connectivity index (χ4n) is 2.05. The molecular formula is C17H36Cl2O4Si2. The molecule has 1 rings (SSSR count). The van der Waals surface area contributed by atoms with Crippen molar-refractivity contribution in [1.82, 2.24) is 0 Å². The average molecular weight is 432 g/mol. The van der Waals surface area contributed by atoms with E-state index < -0.39 is 28.3 Å². The van der Waals surface area contributed by atoms with E-state index in [1.165, 1.54) is 0 Å². The summed E-state index contributed by atoms with van der Waals surface area (Å²) in [4.78, 5) is 0. The third-order valence-electron chi connectivity index (χ3n) is 5.99. The monoisotopic (exact) mass is 430 g/mol. The fraction of sp³-hybridized carbons (Fsp3) is 1.00. The van der Waals surface area contributed by atoms with E-state index in [2.05, 4.69) is 67.7 Å². The van der Waals surface area contributed by atoms with Crippen LogP contribution in [0.5, 0.6) is 0 Å². The Morgan fingerprint density at radius 1 is 0.920 bits per heavy atom. The van der Waals surface area contributed by atoms with Gasteiger partial charge in [-0.25, -0.2) is 4.29 Å². The molecule has 8 heteroatoms. The fourth-order valence-corrected chi connectivity index (χ4v) is 5.02. The van der Waals surface area contributed by atoms with Crippen LogP contribution in [0.25, 0.3) is 0 Å². The van der Waals surface area contributed by atoms with Gasteiger partial charge in [-0.15, -0.1) is 11.6 Å². The Bertz CT molecular complexity index is 447. The zero-order chi connectivity index (χ0) is 19.8. The molecule has 0 aromatic carbocycles. The SMILES string of the molecule is CC(C)(C)[Si](C)(C)OC[C@H]1O[C@H](OCl)[C@H](Cl)[C@@H]1O[Si](C)(C)C(C)(C)C. The molecule has 0 bridgehead atoms. The number of halogens is 2. The lowest BCUT2D eigenvalue weighted by Crippen LogP contribution is -2.50. The van der Waals surface area contributed by atoms with Crippen LogP contribution in [0.1, 0.15) is 41.5 Å². The van der Waals surface area contributed by atoms with Gasteiger partial charge in [-0.2, -0.15) is 0 Å². The molecule has 4 nitrogen and oxygen atoms in total. The van der Waals surface area contributed by atoms with Crippen molar-refractivity contribution in [2.24, 2.45) is 0 Å². The van der Waals surface area contributed by atoms with Crippen LogP contribution in [-0.4, -0.2) is 47.1 Å². The molecule has 0 aromatic rings. The highest BCUT2D eigenvalue weighted by Gasteiger charge is 2.51. The van der Waals surface area contributed by atoms with Gasteiger partial charge in [-0.3, -0.25) is 0 Å². The van der Waals surface area contributed by atoms with Crippen LogP contribution < -0.4 is 0 Å². The quantitative estimate of drug-likeness (QED) is 0.387. The van der Waals surface area contributed by atoms with Crippen LogP contribution in [0.2, 0.25) is 36.3 Å². The van der Waals surface area contributed by atoms with Gasteiger partial charge in [0.25, 0.3) is 0 Å². The first-order valence-corrected chi connectivity index (χ1v) is 15.5. The van der Waals surface area contributed by atoms with Crippen LogP contribution in [0.3, 0.4) is 0 Å². The zero-order valence-corrected chi connectivity index (χ0v) is 20.9. The zero-order valence-electron chi connectivity index (χ0n) is 17.4. The Morgan fingerprint density at radius 3 is 1.80 bits per heavy atom. The molecule has 1 aliphatic heterocycles. The molecule has 0 aliphatic carbocycles. The van der Waals surface area contributed by atoms with E-state index in [9.17, 15) is 0 Å². The van der Waals surface area contributed by atoms with Crippen LogP contribution in [0.4, 0.5) is 0 Å². The third kappa shape index (κ3) is 5.67. The molecular weight excluding hydrogens is 395 g/mol. The van der Waals surface area contributed by atoms with Crippen molar-refractivity contribution in [3.8, 4) is 0 Å². The van der Waals surface area contributed by atoms with Crippen molar-refractivity contribution in [2.75, 3.05) is 6.61 Å². The van der Waals surface area contributed by atoms with Crippen molar-refractivity contribution in [3.63, 3.8) is 0 Å². The van der Waals surface area contributed by atoms with Gasteiger partial charge >= 0.3 is 0 Å². The lowest BCUT2D eigenvalue weighted by atomic mass is 10.2. The summed E-state index contributed by atoms with van der Waals surface area (Å²) in [5.41, 5.74) is 0. The Morgan fingerprint density at radius 2 is 1.40 bits per heavy atom. The molecule has 0 spiro atoms. The van der Waals surface area contributed by atoms with Crippen molar-refractivity contribution < 1.29 is 17.9 Å². The highest BCUT2D eigenvalue weighted by atomic mass is 35.5. The van der Waals surface area contributed by atoms with Gasteiger partial charge < -0.3 is 13.6 Å². The van der Waals surface area contributed by atoms with Crippen LogP contribution >= 0.6 is 23.5 Å². The first kappa shape index (κ1) is 23.9. The second kappa shape index (κ2) is 8.07. The molecule has 1 saturated heterocycles. The third-order valence-corrected chi connectivity index (χ3v) is 15.6. The molecule has 0 amide bonds. The molecule has 0 radical (unpaired) electrons. The lowest BCUT2D eigenvalue weighted by molar-refractivity contribution is -0.0870. The summed E-state index contributed by atoms with van der Waals surface area (Å²) in [5.74, 6) is 0. The van der Waals surface area contributed by atoms with Gasteiger partial charge in [0.15, 0.2) is 22.9 Å². The van der Waals surface area contributed by atoms with Gasteiger partial charge in [0.2, 0.25) is 0 Å². The van der Waals surface area contributed by atoms with E-state index in [1.54, 1.807) is 0 Å². The van der Waals surface area contributed by atoms with Crippen LogP contribution in [0, 0.1) is 0 Å². The maximum absolute atomic E-state index is 6.55. The second-order valence-corrected chi connectivity index (χ2v) is 20.2. The lowest BCUT2D eigenvalue weighted by Gasteiger charge is -2.41. The van der Waals surface area contributed by atoms with Crippen molar-refractivity contribution in [2.45, 2.75) is 102 Å². The first-order valence-electron chi connectivity index (χ1n) is 8.92. The Labute approximate surface area is 166 Å². The first-order chi connectivity index (χ1) is 11.0. The van der Waals surface area contributed by atoms with E-state index in [-0.39, 0.29) is 22.3 Å². The van der Waals surface area contributed by atoms with Gasteiger partial charge in [0.1, 0.15) is 11.5 Å². The van der Waals surface area contributed by atoms with Gasteiger partial charge in [0.05, 0.1) is 24.6 Å². The summed E-state index contributed by atoms with van der Waals surface area (Å²) in [5, 5.41) is -0.252. The number of hydrogen-bond donors (Lipinski definition) is 0. The highest BCUT2D eigenvalue weighted by molar-refractivity contribution is 6.74. The number of ether oxygens (including phenoxy) is 1. The minimum Gasteiger partial charge on any atom is -0.414 e. The number of hydrogen-bond acceptors (Lipinski definition) is 4. The summed E-state index contributed by atoms with van der Waals surface area (Å²) >= 11 is 12.1. The van der Waals surface area contributed by atoms with Gasteiger partial charge in [0, 0.05) is 0 Å². The molecule has 0 aromatic heterocycles. The van der Waals surface area contributed by atoms with E-state index in [0.717, 1.165) is 0 Å². The molecule has 4 atom stereocenters. The number of rotatable bonds is 6. The van der Waals surface area contributed by atoms with Crippen molar-refractivity contribution in [3.05, 3.63) is 0 Å². The smallest absolute Gasteiger partial charge is 0.196 e. The summed E-state index contributed by atoms with van der Waals surface area (Å²) in [6.07, 6.45) is -1.27. The van der Waals surface area contributed by atoms with Crippen LogP contribution in [0.15, 0.2) is 0 Å². The Hall–Kier alpha value is 0.854. The molecule has 1 heterocycles. The topological polar surface area (TPSA) is 36.9 Å². The summed E-state index contributed by atoms with van der Waals surface area (Å²) in [7, 11) is -3.91. The molecule has 25 heavy (non-hydrogen) atoms. The number of alkyl halides is 1.